The van der Waals surface area contributed by atoms with Gasteiger partial charge in [-0.05, 0) is 12.1 Å². The lowest BCUT2D eigenvalue weighted by atomic mass is 10.2. The zero-order valence-corrected chi connectivity index (χ0v) is 14.1. The molecule has 2 rings (SSSR count). The summed E-state index contributed by atoms with van der Waals surface area (Å²) in [7, 11) is 1.51. The number of aliphatic carboxylic acids is 1. The average molecular weight is 364 g/mol. The van der Waals surface area contributed by atoms with Crippen molar-refractivity contribution in [3.05, 3.63) is 40.3 Å². The highest BCUT2D eigenvalue weighted by Crippen LogP contribution is 2.23. The number of nitrogens with zero attached hydrogens (tertiary/aromatic N) is 2. The summed E-state index contributed by atoms with van der Waals surface area (Å²) in [4.78, 5) is 36.8. The van der Waals surface area contributed by atoms with Crippen molar-refractivity contribution in [1.29, 1.82) is 0 Å². The van der Waals surface area contributed by atoms with E-state index in [0.29, 0.717) is 11.4 Å². The highest BCUT2D eigenvalue weighted by molar-refractivity contribution is 7.99. The number of anilines is 1. The number of ether oxygens (including phenoxy) is 1. The van der Waals surface area contributed by atoms with Gasteiger partial charge in [0.05, 0.1) is 25.0 Å². The van der Waals surface area contributed by atoms with Crippen LogP contribution in [-0.2, 0) is 16.0 Å². The largest absolute Gasteiger partial charge is 0.495 e. The minimum absolute atomic E-state index is 0.00307. The number of benzene rings is 1. The molecular weight excluding hydrogens is 348 g/mol. The maximum Gasteiger partial charge on any atom is 0.303 e. The Bertz CT molecular complexity index is 824. The number of carboxylic acids is 1. The first-order valence-electron chi connectivity index (χ1n) is 7.23. The van der Waals surface area contributed by atoms with E-state index in [2.05, 4.69) is 20.5 Å². The first-order chi connectivity index (χ1) is 12.0. The first kappa shape index (κ1) is 18.5. The van der Waals surface area contributed by atoms with Gasteiger partial charge in [-0.3, -0.25) is 19.4 Å². The molecule has 0 saturated carbocycles. The van der Waals surface area contributed by atoms with Crippen molar-refractivity contribution in [3.8, 4) is 5.75 Å². The molecule has 0 unspecified atom stereocenters. The van der Waals surface area contributed by atoms with Crippen LogP contribution in [0.15, 0.2) is 34.2 Å². The van der Waals surface area contributed by atoms with Crippen LogP contribution < -0.4 is 15.6 Å². The molecule has 0 fully saturated rings. The van der Waals surface area contributed by atoms with Crippen LogP contribution in [0.25, 0.3) is 0 Å². The highest BCUT2D eigenvalue weighted by Gasteiger charge is 2.11. The number of nitrogens with one attached hydrogen (secondary N) is 2. The van der Waals surface area contributed by atoms with Crippen molar-refractivity contribution in [2.75, 3.05) is 18.2 Å². The summed E-state index contributed by atoms with van der Waals surface area (Å²) >= 11 is 1.01. The molecule has 132 valence electrons. The zero-order valence-electron chi connectivity index (χ0n) is 13.3. The Morgan fingerprint density at radius 1 is 1.32 bits per heavy atom. The maximum absolute atomic E-state index is 12.0. The van der Waals surface area contributed by atoms with Crippen LogP contribution in [0.2, 0.25) is 0 Å². The van der Waals surface area contributed by atoms with E-state index < -0.39 is 11.5 Å². The molecule has 0 saturated heterocycles. The van der Waals surface area contributed by atoms with Crippen molar-refractivity contribution in [3.63, 3.8) is 0 Å². The number of carboxylic acid groups (broad SMARTS) is 1. The molecule has 2 aromatic rings. The SMILES string of the molecule is COc1ccccc1NC(=O)CSc1nnc(CCC(=O)O)c(=O)[nH]1. The summed E-state index contributed by atoms with van der Waals surface area (Å²) in [5.41, 5.74) is 0.0771. The van der Waals surface area contributed by atoms with Crippen LogP contribution in [0.5, 0.6) is 5.75 Å². The minimum Gasteiger partial charge on any atom is -0.495 e. The van der Waals surface area contributed by atoms with Gasteiger partial charge in [0.25, 0.3) is 5.56 Å². The second kappa shape index (κ2) is 8.83. The summed E-state index contributed by atoms with van der Waals surface area (Å²) in [5.74, 6) is -0.770. The summed E-state index contributed by atoms with van der Waals surface area (Å²) in [5, 5.41) is 19.0. The van der Waals surface area contributed by atoms with Crippen LogP contribution in [0.4, 0.5) is 5.69 Å². The molecular formula is C15H16N4O5S. The van der Waals surface area contributed by atoms with Gasteiger partial charge in [0.15, 0.2) is 5.16 Å². The summed E-state index contributed by atoms with van der Waals surface area (Å²) in [6.07, 6.45) is -0.206. The molecule has 0 radical (unpaired) electrons. The second-order valence-corrected chi connectivity index (χ2v) is 5.80. The molecule has 3 N–H and O–H groups in total. The Morgan fingerprint density at radius 3 is 2.76 bits per heavy atom. The number of hydrogen-bond acceptors (Lipinski definition) is 7. The molecule has 1 aromatic heterocycles. The van der Waals surface area contributed by atoms with Gasteiger partial charge in [0.2, 0.25) is 5.91 Å². The fraction of sp³-hybridized carbons (Fsp3) is 0.267. The number of amides is 1. The van der Waals surface area contributed by atoms with Crippen LogP contribution in [0.3, 0.4) is 0 Å². The lowest BCUT2D eigenvalue weighted by molar-refractivity contribution is -0.137. The monoisotopic (exact) mass is 364 g/mol. The Balaban J connectivity index is 1.92. The highest BCUT2D eigenvalue weighted by atomic mass is 32.2. The van der Waals surface area contributed by atoms with Crippen LogP contribution in [0, 0.1) is 0 Å². The number of hydrogen-bond donors (Lipinski definition) is 3. The number of methoxy groups -OCH3 is 1. The number of aromatic amines is 1. The van der Waals surface area contributed by atoms with E-state index in [1.165, 1.54) is 7.11 Å². The Labute approximate surface area is 146 Å². The average Bonchev–Trinajstić information content (AvgIpc) is 2.59. The molecule has 0 spiro atoms. The van der Waals surface area contributed by atoms with Crippen LogP contribution >= 0.6 is 11.8 Å². The molecule has 9 nitrogen and oxygen atoms in total. The van der Waals surface area contributed by atoms with Gasteiger partial charge >= 0.3 is 5.97 Å². The number of H-pyrrole nitrogens is 1. The van der Waals surface area contributed by atoms with E-state index in [1.807, 2.05) is 0 Å². The number of carbonyl (C=O) groups is 2. The number of aryl methyl sites for hydroxylation is 1. The first-order valence-corrected chi connectivity index (χ1v) is 8.21. The van der Waals surface area contributed by atoms with Gasteiger partial charge in [-0.15, -0.1) is 10.2 Å². The predicted molar refractivity (Wildman–Crippen MR) is 91.0 cm³/mol. The van der Waals surface area contributed by atoms with E-state index in [4.69, 9.17) is 9.84 Å². The maximum atomic E-state index is 12.0. The van der Waals surface area contributed by atoms with E-state index in [-0.39, 0.29) is 35.4 Å². The minimum atomic E-state index is -1.02. The lowest BCUT2D eigenvalue weighted by Crippen LogP contribution is -2.20. The number of rotatable bonds is 8. The Kier molecular flexibility index (Phi) is 6.52. The second-order valence-electron chi connectivity index (χ2n) is 4.84. The molecule has 0 atom stereocenters. The molecule has 1 amide bonds. The zero-order chi connectivity index (χ0) is 18.2. The summed E-state index contributed by atoms with van der Waals surface area (Å²) in [6, 6.07) is 6.99. The number of aromatic nitrogens is 3. The molecule has 0 bridgehead atoms. The van der Waals surface area contributed by atoms with Crippen molar-refractivity contribution in [1.82, 2.24) is 15.2 Å². The fourth-order valence-corrected chi connectivity index (χ4v) is 2.47. The molecule has 1 aromatic carbocycles. The van der Waals surface area contributed by atoms with Gasteiger partial charge in [-0.1, -0.05) is 23.9 Å². The molecule has 1 heterocycles. The smallest absolute Gasteiger partial charge is 0.303 e. The lowest BCUT2D eigenvalue weighted by Gasteiger charge is -2.09. The molecule has 0 aliphatic rings. The van der Waals surface area contributed by atoms with E-state index >= 15 is 0 Å². The number of carbonyl (C=O) groups excluding carboxylic acids is 1. The van der Waals surface area contributed by atoms with Gasteiger partial charge in [-0.2, -0.15) is 0 Å². The van der Waals surface area contributed by atoms with E-state index in [0.717, 1.165) is 11.8 Å². The van der Waals surface area contributed by atoms with E-state index in [1.54, 1.807) is 24.3 Å². The van der Waals surface area contributed by atoms with Crippen LogP contribution in [0.1, 0.15) is 12.1 Å². The summed E-state index contributed by atoms with van der Waals surface area (Å²) in [6.45, 7) is 0. The molecule has 10 heteroatoms. The molecule has 0 aliphatic heterocycles. The van der Waals surface area contributed by atoms with Crippen molar-refractivity contribution < 1.29 is 19.4 Å². The van der Waals surface area contributed by atoms with Crippen molar-refractivity contribution >= 4 is 29.3 Å². The third-order valence-corrected chi connectivity index (χ3v) is 3.90. The molecule has 25 heavy (non-hydrogen) atoms. The van der Waals surface area contributed by atoms with Gasteiger partial charge in [0, 0.05) is 6.42 Å². The quantitative estimate of drug-likeness (QED) is 0.589. The number of thioether (sulfide) groups is 1. The normalized spacial score (nSPS) is 10.3. The van der Waals surface area contributed by atoms with Gasteiger partial charge in [-0.25, -0.2) is 0 Å². The van der Waals surface area contributed by atoms with Crippen molar-refractivity contribution in [2.24, 2.45) is 0 Å². The third-order valence-electron chi connectivity index (χ3n) is 3.04. The van der Waals surface area contributed by atoms with Gasteiger partial charge in [0.1, 0.15) is 11.4 Å². The Hall–Kier alpha value is -2.88. The number of para-hydroxylation sites is 2. The van der Waals surface area contributed by atoms with E-state index in [9.17, 15) is 14.4 Å². The Morgan fingerprint density at radius 2 is 2.08 bits per heavy atom. The topological polar surface area (TPSA) is 134 Å². The van der Waals surface area contributed by atoms with Crippen molar-refractivity contribution in [2.45, 2.75) is 18.0 Å². The standard InChI is InChI=1S/C15H16N4O5S/c1-24-11-5-3-2-4-9(11)16-12(20)8-25-15-17-14(23)10(18-19-15)6-7-13(21)22/h2-5H,6-8H2,1H3,(H,16,20)(H,21,22)(H,17,19,23). The van der Waals surface area contributed by atoms with Crippen LogP contribution in [-0.4, -0.2) is 45.0 Å². The third kappa shape index (κ3) is 5.60. The fourth-order valence-electron chi connectivity index (χ4n) is 1.87. The summed E-state index contributed by atoms with van der Waals surface area (Å²) < 4.78 is 5.14. The molecule has 0 aliphatic carbocycles. The predicted octanol–water partition coefficient (Wildman–Crippen LogP) is 0.921. The van der Waals surface area contributed by atoms with Gasteiger partial charge < -0.3 is 15.2 Å².